The molecule has 0 spiro atoms. The minimum Gasteiger partial charge on any atom is -0.368 e. The highest BCUT2D eigenvalue weighted by molar-refractivity contribution is 7.13. The van der Waals surface area contributed by atoms with Crippen LogP contribution >= 0.6 is 34.5 Å². The molecule has 0 radical (unpaired) electrons. The van der Waals surface area contributed by atoms with Crippen molar-refractivity contribution < 1.29 is 4.79 Å². The van der Waals surface area contributed by atoms with Crippen molar-refractivity contribution >= 4 is 46.1 Å². The van der Waals surface area contributed by atoms with Crippen molar-refractivity contribution in [2.75, 3.05) is 44.2 Å². The van der Waals surface area contributed by atoms with Gasteiger partial charge in [0.15, 0.2) is 0 Å². The molecule has 0 aliphatic carbocycles. The summed E-state index contributed by atoms with van der Waals surface area (Å²) in [6.45, 7) is 7.75. The average Bonchev–Trinajstić information content (AvgIpc) is 3.11. The Morgan fingerprint density at radius 1 is 1.11 bits per heavy atom. The van der Waals surface area contributed by atoms with Crippen LogP contribution in [0, 0.1) is 6.92 Å². The van der Waals surface area contributed by atoms with E-state index in [-0.39, 0.29) is 5.91 Å². The number of hydrogen-bond donors (Lipinski definition) is 1. The molecule has 146 valence electrons. The monoisotopic (exact) mass is 425 g/mol. The predicted molar refractivity (Wildman–Crippen MR) is 116 cm³/mol. The highest BCUT2D eigenvalue weighted by Gasteiger charge is 2.19. The molecule has 1 saturated heterocycles. The topological polar surface area (TPSA) is 35.6 Å². The summed E-state index contributed by atoms with van der Waals surface area (Å²) in [5.74, 6) is 0.0418. The Kier molecular flexibility index (Phi) is 7.41. The van der Waals surface area contributed by atoms with Crippen LogP contribution in [0.25, 0.3) is 0 Å². The summed E-state index contributed by atoms with van der Waals surface area (Å²) in [6.07, 6.45) is 2.08. The standard InChI is InChI=1S/C20H25Cl2N3OS/c1-15-7-8-18(27-15)20(26)23-9-2-3-10-24-11-13-25(14-12-24)17-6-4-5-16(21)19(17)22/h4-8H,2-3,9-14H2,1H3,(H,23,26). The molecule has 7 heteroatoms. The minimum absolute atomic E-state index is 0.0418. The largest absolute Gasteiger partial charge is 0.368 e. The number of piperazine rings is 1. The molecule has 0 unspecified atom stereocenters. The van der Waals surface area contributed by atoms with Crippen molar-refractivity contribution in [3.63, 3.8) is 0 Å². The van der Waals surface area contributed by atoms with Crippen molar-refractivity contribution in [3.8, 4) is 0 Å². The lowest BCUT2D eigenvalue weighted by molar-refractivity contribution is 0.0956. The quantitative estimate of drug-likeness (QED) is 0.653. The van der Waals surface area contributed by atoms with Gasteiger partial charge in [-0.1, -0.05) is 29.3 Å². The number of aryl methyl sites for hydroxylation is 1. The van der Waals surface area contributed by atoms with E-state index < -0.39 is 0 Å². The Labute approximate surface area is 175 Å². The molecule has 2 aromatic rings. The average molecular weight is 426 g/mol. The van der Waals surface area contributed by atoms with Crippen molar-refractivity contribution in [3.05, 3.63) is 50.1 Å². The maximum Gasteiger partial charge on any atom is 0.261 e. The predicted octanol–water partition coefficient (Wildman–Crippen LogP) is 4.70. The van der Waals surface area contributed by atoms with Gasteiger partial charge in [0, 0.05) is 37.6 Å². The van der Waals surface area contributed by atoms with Crippen LogP contribution < -0.4 is 10.2 Å². The van der Waals surface area contributed by atoms with Gasteiger partial charge in [0.1, 0.15) is 0 Å². The number of nitrogens with zero attached hydrogens (tertiary/aromatic N) is 2. The smallest absolute Gasteiger partial charge is 0.261 e. The van der Waals surface area contributed by atoms with Gasteiger partial charge in [-0.3, -0.25) is 9.69 Å². The first-order valence-corrected chi connectivity index (χ1v) is 10.9. The Balaban J connectivity index is 1.33. The summed E-state index contributed by atoms with van der Waals surface area (Å²) in [4.78, 5) is 18.7. The van der Waals surface area contributed by atoms with Gasteiger partial charge in [0.05, 0.1) is 20.6 Å². The van der Waals surface area contributed by atoms with E-state index in [4.69, 9.17) is 23.2 Å². The third-order valence-electron chi connectivity index (χ3n) is 4.80. The van der Waals surface area contributed by atoms with E-state index in [1.807, 2.05) is 37.3 Å². The van der Waals surface area contributed by atoms with Crippen molar-refractivity contribution in [2.24, 2.45) is 0 Å². The van der Waals surface area contributed by atoms with Gasteiger partial charge < -0.3 is 10.2 Å². The van der Waals surface area contributed by atoms with Gasteiger partial charge in [-0.15, -0.1) is 11.3 Å². The molecule has 0 atom stereocenters. The molecule has 27 heavy (non-hydrogen) atoms. The van der Waals surface area contributed by atoms with Crippen LogP contribution in [0.2, 0.25) is 10.0 Å². The van der Waals surface area contributed by atoms with Crippen molar-refractivity contribution in [2.45, 2.75) is 19.8 Å². The summed E-state index contributed by atoms with van der Waals surface area (Å²) < 4.78 is 0. The third kappa shape index (κ3) is 5.61. The van der Waals surface area contributed by atoms with Crippen LogP contribution in [0.1, 0.15) is 27.4 Å². The van der Waals surface area contributed by atoms with Gasteiger partial charge in [0.2, 0.25) is 0 Å². The number of rotatable bonds is 7. The van der Waals surface area contributed by atoms with Gasteiger partial charge in [-0.2, -0.15) is 0 Å². The SMILES string of the molecule is Cc1ccc(C(=O)NCCCCN2CCN(c3cccc(Cl)c3Cl)CC2)s1. The van der Waals surface area contributed by atoms with E-state index >= 15 is 0 Å². The molecule has 3 rings (SSSR count). The summed E-state index contributed by atoms with van der Waals surface area (Å²) in [6, 6.07) is 9.67. The molecular formula is C20H25Cl2N3OS. The summed E-state index contributed by atoms with van der Waals surface area (Å²) >= 11 is 14.0. The van der Waals surface area contributed by atoms with Crippen LogP contribution in [0.15, 0.2) is 30.3 Å². The van der Waals surface area contributed by atoms with Crippen molar-refractivity contribution in [1.29, 1.82) is 0 Å². The van der Waals surface area contributed by atoms with Gasteiger partial charge in [-0.05, 0) is 50.6 Å². The van der Waals surface area contributed by atoms with Crippen LogP contribution in [0.4, 0.5) is 5.69 Å². The molecule has 1 amide bonds. The Bertz CT molecular complexity index is 772. The molecule has 1 fully saturated rings. The van der Waals surface area contributed by atoms with Gasteiger partial charge >= 0.3 is 0 Å². The van der Waals surface area contributed by atoms with E-state index in [2.05, 4.69) is 15.1 Å². The molecule has 4 nitrogen and oxygen atoms in total. The first kappa shape index (κ1) is 20.5. The minimum atomic E-state index is 0.0418. The molecule has 1 aliphatic heterocycles. The zero-order chi connectivity index (χ0) is 19.2. The zero-order valence-corrected chi connectivity index (χ0v) is 17.8. The van der Waals surface area contributed by atoms with E-state index in [9.17, 15) is 4.79 Å². The van der Waals surface area contributed by atoms with Gasteiger partial charge in [0.25, 0.3) is 5.91 Å². The second-order valence-corrected chi connectivity index (χ2v) is 8.85. The highest BCUT2D eigenvalue weighted by Crippen LogP contribution is 2.32. The summed E-state index contributed by atoms with van der Waals surface area (Å²) in [5, 5.41) is 4.26. The Morgan fingerprint density at radius 3 is 2.59 bits per heavy atom. The van der Waals surface area contributed by atoms with Crippen LogP contribution in [0.3, 0.4) is 0 Å². The second-order valence-electron chi connectivity index (χ2n) is 6.77. The van der Waals surface area contributed by atoms with Crippen LogP contribution in [-0.2, 0) is 0 Å². The normalized spacial score (nSPS) is 15.1. The van der Waals surface area contributed by atoms with Gasteiger partial charge in [-0.25, -0.2) is 0 Å². The molecule has 2 heterocycles. The molecule has 0 saturated carbocycles. The molecule has 1 N–H and O–H groups in total. The lowest BCUT2D eigenvalue weighted by Crippen LogP contribution is -2.46. The number of halogens is 2. The van der Waals surface area contributed by atoms with Crippen LogP contribution in [-0.4, -0.2) is 50.1 Å². The van der Waals surface area contributed by atoms with E-state index in [1.165, 1.54) is 16.2 Å². The molecule has 0 bridgehead atoms. The number of nitrogens with one attached hydrogen (secondary N) is 1. The number of carbonyl (C=O) groups excluding carboxylic acids is 1. The lowest BCUT2D eigenvalue weighted by Gasteiger charge is -2.36. The van der Waals surface area contributed by atoms with E-state index in [1.54, 1.807) is 0 Å². The number of hydrogen-bond acceptors (Lipinski definition) is 4. The maximum atomic E-state index is 12.0. The second kappa shape index (κ2) is 9.78. The number of anilines is 1. The lowest BCUT2D eigenvalue weighted by atomic mass is 10.2. The van der Waals surface area contributed by atoms with E-state index in [0.717, 1.165) is 62.7 Å². The molecule has 1 aliphatic rings. The number of amides is 1. The summed E-state index contributed by atoms with van der Waals surface area (Å²) in [5.41, 5.74) is 1.02. The fraction of sp³-hybridized carbons (Fsp3) is 0.450. The number of benzene rings is 1. The fourth-order valence-corrected chi connectivity index (χ4v) is 4.45. The Morgan fingerprint density at radius 2 is 1.89 bits per heavy atom. The molecule has 1 aromatic heterocycles. The fourth-order valence-electron chi connectivity index (χ4n) is 3.26. The van der Waals surface area contributed by atoms with E-state index in [0.29, 0.717) is 10.0 Å². The number of carbonyl (C=O) groups is 1. The maximum absolute atomic E-state index is 12.0. The van der Waals surface area contributed by atoms with Crippen LogP contribution in [0.5, 0.6) is 0 Å². The number of thiophene rings is 1. The third-order valence-corrected chi connectivity index (χ3v) is 6.60. The number of unbranched alkanes of at least 4 members (excludes halogenated alkanes) is 1. The first-order chi connectivity index (χ1) is 13.0. The highest BCUT2D eigenvalue weighted by atomic mass is 35.5. The molecule has 1 aromatic carbocycles. The first-order valence-electron chi connectivity index (χ1n) is 9.30. The summed E-state index contributed by atoms with van der Waals surface area (Å²) in [7, 11) is 0. The Hall–Kier alpha value is -1.27. The zero-order valence-electron chi connectivity index (χ0n) is 15.5. The molecular weight excluding hydrogens is 401 g/mol. The van der Waals surface area contributed by atoms with Crippen molar-refractivity contribution in [1.82, 2.24) is 10.2 Å².